The van der Waals surface area contributed by atoms with Crippen molar-refractivity contribution in [1.29, 1.82) is 0 Å². The summed E-state index contributed by atoms with van der Waals surface area (Å²) in [6.07, 6.45) is 0. The number of thiazole rings is 1. The van der Waals surface area contributed by atoms with E-state index in [-0.39, 0.29) is 11.2 Å². The molecule has 0 fully saturated rings. The maximum atomic E-state index is 12.8. The number of nitrogens with one attached hydrogen (secondary N) is 3. The van der Waals surface area contributed by atoms with Crippen molar-refractivity contribution in [3.63, 3.8) is 0 Å². The zero-order valence-electron chi connectivity index (χ0n) is 19.1. The monoisotopic (exact) mass is 520 g/mol. The predicted octanol–water partition coefficient (Wildman–Crippen LogP) is 6.75. The predicted molar refractivity (Wildman–Crippen MR) is 151 cm³/mol. The molecule has 4 rings (SSSR count). The average molecular weight is 521 g/mol. The number of methoxy groups -OCH3 is 1. The van der Waals surface area contributed by atoms with Crippen LogP contribution in [0.5, 0.6) is 5.75 Å². The molecular formula is C26H24N4O2S3. The summed E-state index contributed by atoms with van der Waals surface area (Å²) >= 11 is 8.26. The van der Waals surface area contributed by atoms with Gasteiger partial charge < -0.3 is 20.7 Å². The lowest BCUT2D eigenvalue weighted by Crippen LogP contribution is -2.22. The number of ether oxygens (including phenoxy) is 1. The van der Waals surface area contributed by atoms with E-state index in [1.54, 1.807) is 7.11 Å². The minimum Gasteiger partial charge on any atom is -0.496 e. The van der Waals surface area contributed by atoms with Crippen LogP contribution in [0, 0.1) is 0 Å². The van der Waals surface area contributed by atoms with Crippen LogP contribution in [0.4, 0.5) is 16.5 Å². The van der Waals surface area contributed by atoms with Gasteiger partial charge in [0.15, 0.2) is 10.2 Å². The molecule has 1 atom stereocenters. The lowest BCUT2D eigenvalue weighted by molar-refractivity contribution is -0.115. The number of hydrogen-bond acceptors (Lipinski definition) is 6. The molecule has 4 aromatic rings. The summed E-state index contributed by atoms with van der Waals surface area (Å²) < 4.78 is 5.41. The van der Waals surface area contributed by atoms with E-state index in [0.717, 1.165) is 33.3 Å². The van der Waals surface area contributed by atoms with E-state index in [1.807, 2.05) is 91.2 Å². The summed E-state index contributed by atoms with van der Waals surface area (Å²) in [6.45, 7) is 1.87. The van der Waals surface area contributed by atoms with Crippen molar-refractivity contribution < 1.29 is 9.53 Å². The first kappa shape index (κ1) is 24.7. The number of amides is 1. The van der Waals surface area contributed by atoms with Gasteiger partial charge in [-0.15, -0.1) is 23.1 Å². The molecule has 9 heteroatoms. The minimum absolute atomic E-state index is 0.115. The fraction of sp³-hybridized carbons (Fsp3) is 0.115. The van der Waals surface area contributed by atoms with Crippen LogP contribution in [0.1, 0.15) is 6.92 Å². The van der Waals surface area contributed by atoms with E-state index in [4.69, 9.17) is 17.0 Å². The third-order valence-electron chi connectivity index (χ3n) is 4.92. The van der Waals surface area contributed by atoms with Crippen molar-refractivity contribution >= 4 is 62.8 Å². The van der Waals surface area contributed by atoms with Gasteiger partial charge in [-0.05, 0) is 61.6 Å². The minimum atomic E-state index is -0.321. The van der Waals surface area contributed by atoms with Gasteiger partial charge in [0.1, 0.15) is 5.75 Å². The molecule has 1 aromatic heterocycles. The van der Waals surface area contributed by atoms with E-state index < -0.39 is 0 Å². The van der Waals surface area contributed by atoms with Crippen molar-refractivity contribution in [2.24, 2.45) is 0 Å². The number of thioether (sulfide) groups is 1. The number of carbonyl (C=O) groups is 1. The number of hydrogen-bond donors (Lipinski definition) is 3. The van der Waals surface area contributed by atoms with E-state index in [1.165, 1.54) is 23.1 Å². The Morgan fingerprint density at radius 3 is 2.49 bits per heavy atom. The van der Waals surface area contributed by atoms with E-state index >= 15 is 0 Å². The second-order valence-corrected chi connectivity index (χ2v) is 10.1. The smallest absolute Gasteiger partial charge is 0.239 e. The fourth-order valence-corrected chi connectivity index (χ4v) is 5.11. The van der Waals surface area contributed by atoms with Crippen molar-refractivity contribution in [3.05, 3.63) is 84.2 Å². The number of aromatic nitrogens is 1. The van der Waals surface area contributed by atoms with Gasteiger partial charge in [0.2, 0.25) is 5.91 Å². The third-order valence-corrected chi connectivity index (χ3v) is 6.98. The second-order valence-electron chi connectivity index (χ2n) is 7.46. The standard InChI is InChI=1S/C26H24N4O2S3/c1-17(24(31)30-26-29-22(16-34-26)21-13-6-7-14-23(21)32-2)35-20-12-8-11-19(15-20)28-25(33)27-18-9-4-3-5-10-18/h3-17H,1-2H3,(H2,27,28,33)(H,29,30,31). The number of thiocarbonyl (C=S) groups is 1. The molecule has 6 nitrogen and oxygen atoms in total. The normalized spacial score (nSPS) is 11.4. The quantitative estimate of drug-likeness (QED) is 0.175. The molecule has 35 heavy (non-hydrogen) atoms. The summed E-state index contributed by atoms with van der Waals surface area (Å²) in [5.41, 5.74) is 3.41. The van der Waals surface area contributed by atoms with E-state index in [2.05, 4.69) is 20.9 Å². The van der Waals surface area contributed by atoms with Gasteiger partial charge in [0.25, 0.3) is 0 Å². The molecule has 1 amide bonds. The van der Waals surface area contributed by atoms with Crippen LogP contribution in [-0.4, -0.2) is 28.4 Å². The van der Waals surface area contributed by atoms with Gasteiger partial charge in [-0.1, -0.05) is 36.4 Å². The molecule has 1 heterocycles. The SMILES string of the molecule is COc1ccccc1-c1csc(NC(=O)C(C)Sc2cccc(NC(=S)Nc3ccccc3)c2)n1. The maximum Gasteiger partial charge on any atom is 0.239 e. The zero-order chi connectivity index (χ0) is 24.6. The van der Waals surface area contributed by atoms with Gasteiger partial charge >= 0.3 is 0 Å². The van der Waals surface area contributed by atoms with Crippen molar-refractivity contribution in [3.8, 4) is 17.0 Å². The molecule has 0 aliphatic rings. The first-order valence-corrected chi connectivity index (χ1v) is 13.0. The molecule has 178 valence electrons. The molecule has 1 unspecified atom stereocenters. The summed E-state index contributed by atoms with van der Waals surface area (Å²) in [6, 6.07) is 25.2. The number of rotatable bonds is 8. The van der Waals surface area contributed by atoms with Gasteiger partial charge in [0, 0.05) is 27.2 Å². The molecule has 0 radical (unpaired) electrons. The molecule has 3 aromatic carbocycles. The summed E-state index contributed by atoms with van der Waals surface area (Å²) in [5.74, 6) is 0.627. The van der Waals surface area contributed by atoms with Gasteiger partial charge in [-0.3, -0.25) is 4.79 Å². The third kappa shape index (κ3) is 6.82. The number of nitrogens with zero attached hydrogens (tertiary/aromatic N) is 1. The highest BCUT2D eigenvalue weighted by Gasteiger charge is 2.17. The molecule has 0 saturated carbocycles. The van der Waals surface area contributed by atoms with Crippen molar-refractivity contribution in [2.45, 2.75) is 17.1 Å². The van der Waals surface area contributed by atoms with Crippen molar-refractivity contribution in [1.82, 2.24) is 4.98 Å². The molecule has 0 bridgehead atoms. The van der Waals surface area contributed by atoms with Gasteiger partial charge in [-0.2, -0.15) is 0 Å². The Morgan fingerprint density at radius 2 is 1.69 bits per heavy atom. The Kier molecular flexibility index (Phi) is 8.36. The lowest BCUT2D eigenvalue weighted by atomic mass is 10.1. The zero-order valence-corrected chi connectivity index (χ0v) is 21.6. The van der Waals surface area contributed by atoms with Crippen LogP contribution in [0.3, 0.4) is 0 Å². The van der Waals surface area contributed by atoms with Crippen LogP contribution < -0.4 is 20.7 Å². The molecule has 0 spiro atoms. The average Bonchev–Trinajstić information content (AvgIpc) is 3.33. The highest BCUT2D eigenvalue weighted by atomic mass is 32.2. The summed E-state index contributed by atoms with van der Waals surface area (Å²) in [7, 11) is 1.63. The number of carbonyl (C=O) groups excluding carboxylic acids is 1. The molecule has 3 N–H and O–H groups in total. The number of benzene rings is 3. The first-order valence-electron chi connectivity index (χ1n) is 10.8. The molecular weight excluding hydrogens is 497 g/mol. The van der Waals surface area contributed by atoms with Crippen LogP contribution in [-0.2, 0) is 4.79 Å². The fourth-order valence-electron chi connectivity index (χ4n) is 3.24. The molecule has 0 aliphatic heterocycles. The highest BCUT2D eigenvalue weighted by Crippen LogP contribution is 2.32. The van der Waals surface area contributed by atoms with Crippen LogP contribution in [0.15, 0.2) is 89.1 Å². The largest absolute Gasteiger partial charge is 0.496 e. The van der Waals surface area contributed by atoms with Gasteiger partial charge in [-0.25, -0.2) is 4.98 Å². The second kappa shape index (κ2) is 11.8. The highest BCUT2D eigenvalue weighted by molar-refractivity contribution is 8.00. The van der Waals surface area contributed by atoms with Crippen LogP contribution in [0.25, 0.3) is 11.3 Å². The first-order chi connectivity index (χ1) is 17.0. The Hall–Kier alpha value is -3.40. The molecule has 0 saturated heterocycles. The van der Waals surface area contributed by atoms with Crippen LogP contribution in [0.2, 0.25) is 0 Å². The number of para-hydroxylation sites is 2. The van der Waals surface area contributed by atoms with Gasteiger partial charge in [0.05, 0.1) is 18.1 Å². The Labute approximate surface area is 218 Å². The maximum absolute atomic E-state index is 12.8. The topological polar surface area (TPSA) is 75.3 Å². The molecule has 0 aliphatic carbocycles. The van der Waals surface area contributed by atoms with Crippen molar-refractivity contribution in [2.75, 3.05) is 23.1 Å². The summed E-state index contributed by atoms with van der Waals surface area (Å²) in [5, 5.41) is 11.9. The van der Waals surface area contributed by atoms with Crippen LogP contribution >= 0.6 is 35.3 Å². The Morgan fingerprint density at radius 1 is 0.971 bits per heavy atom. The lowest BCUT2D eigenvalue weighted by Gasteiger charge is -2.13. The Bertz CT molecular complexity index is 1310. The number of anilines is 3. The van der Waals surface area contributed by atoms with E-state index in [0.29, 0.717) is 10.2 Å². The Balaban J connectivity index is 1.34. The summed E-state index contributed by atoms with van der Waals surface area (Å²) in [4.78, 5) is 18.3. The van der Waals surface area contributed by atoms with E-state index in [9.17, 15) is 4.79 Å².